The van der Waals surface area contributed by atoms with Gasteiger partial charge in [-0.15, -0.1) is 0 Å². The van der Waals surface area contributed by atoms with Gasteiger partial charge in [0.25, 0.3) is 0 Å². The second-order valence-electron chi connectivity index (χ2n) is 5.27. The largest absolute Gasteiger partial charge is 0.458 e. The van der Waals surface area contributed by atoms with Crippen molar-refractivity contribution in [2.45, 2.75) is 24.9 Å². The summed E-state index contributed by atoms with van der Waals surface area (Å²) in [6.07, 6.45) is 5.87. The number of carbonyl (C=O) groups is 1. The lowest BCUT2D eigenvalue weighted by Gasteiger charge is -2.28. The summed E-state index contributed by atoms with van der Waals surface area (Å²) in [5, 5.41) is 0. The topological polar surface area (TPSA) is 26.3 Å². The molecule has 1 aliphatic carbocycles. The third-order valence-electron chi connectivity index (χ3n) is 3.87. The van der Waals surface area contributed by atoms with Gasteiger partial charge in [0.1, 0.15) is 6.10 Å². The number of hydrogen-bond acceptors (Lipinski definition) is 2. The Morgan fingerprint density at radius 3 is 2.19 bits per heavy atom. The normalized spacial score (nSPS) is 21.0. The molecule has 106 valence electrons. The maximum absolute atomic E-state index is 12.2. The molecular weight excluding hydrogens is 260 g/mol. The van der Waals surface area contributed by atoms with Crippen LogP contribution in [0.4, 0.5) is 0 Å². The van der Waals surface area contributed by atoms with Gasteiger partial charge in [-0.3, -0.25) is 0 Å². The van der Waals surface area contributed by atoms with E-state index in [0.29, 0.717) is 5.56 Å². The molecular formula is C19H18O2. The molecule has 0 heterocycles. The van der Waals surface area contributed by atoms with Gasteiger partial charge in [-0.05, 0) is 24.1 Å². The predicted molar refractivity (Wildman–Crippen MR) is 83.2 cm³/mol. The molecule has 0 fully saturated rings. The Bertz CT molecular complexity index is 617. The van der Waals surface area contributed by atoms with E-state index in [1.54, 1.807) is 12.1 Å². The molecule has 2 heteroatoms. The van der Waals surface area contributed by atoms with Crippen molar-refractivity contribution in [1.29, 1.82) is 0 Å². The summed E-state index contributed by atoms with van der Waals surface area (Å²) in [5.41, 5.74) is 1.84. The molecule has 0 N–H and O–H groups in total. The van der Waals surface area contributed by atoms with Crippen molar-refractivity contribution >= 4 is 5.97 Å². The highest BCUT2D eigenvalue weighted by Crippen LogP contribution is 2.32. The summed E-state index contributed by atoms with van der Waals surface area (Å²) < 4.78 is 5.75. The van der Waals surface area contributed by atoms with Gasteiger partial charge in [0.05, 0.1) is 5.56 Å². The standard InChI is InChI=1S/C19H18O2/c20-19(16-11-5-2-6-12-16)21-18-14-8-7-13-17(18)15-9-3-1-4-10-15/h1-12,17-18H,13-14H2/t17-,18+/m0/s1. The number of esters is 1. The number of hydrogen-bond donors (Lipinski definition) is 0. The van der Waals surface area contributed by atoms with Crippen molar-refractivity contribution in [2.24, 2.45) is 0 Å². The first-order valence-corrected chi connectivity index (χ1v) is 7.30. The highest BCUT2D eigenvalue weighted by Gasteiger charge is 2.27. The maximum atomic E-state index is 12.2. The molecule has 0 saturated heterocycles. The summed E-state index contributed by atoms with van der Waals surface area (Å²) in [5.74, 6) is 0.000642. The van der Waals surface area contributed by atoms with Crippen molar-refractivity contribution in [3.05, 3.63) is 83.9 Å². The molecule has 0 bridgehead atoms. The Hall–Kier alpha value is -2.35. The van der Waals surface area contributed by atoms with Crippen LogP contribution in [-0.2, 0) is 4.74 Å². The molecule has 0 spiro atoms. The van der Waals surface area contributed by atoms with E-state index in [9.17, 15) is 4.79 Å². The smallest absolute Gasteiger partial charge is 0.338 e. The van der Waals surface area contributed by atoms with Gasteiger partial charge in [0, 0.05) is 12.3 Å². The number of rotatable bonds is 3. The summed E-state index contributed by atoms with van der Waals surface area (Å²) in [6.45, 7) is 0. The highest BCUT2D eigenvalue weighted by molar-refractivity contribution is 5.89. The van der Waals surface area contributed by atoms with Crippen LogP contribution in [0.15, 0.2) is 72.8 Å². The Balaban J connectivity index is 1.77. The molecule has 0 aliphatic heterocycles. The third kappa shape index (κ3) is 3.22. The quantitative estimate of drug-likeness (QED) is 0.616. The predicted octanol–water partition coefficient (Wildman–Crippen LogP) is 4.35. The van der Waals surface area contributed by atoms with Crippen LogP contribution in [0.2, 0.25) is 0 Å². The molecule has 3 rings (SSSR count). The van der Waals surface area contributed by atoms with Gasteiger partial charge >= 0.3 is 5.97 Å². The lowest BCUT2D eigenvalue weighted by Crippen LogP contribution is -2.27. The molecule has 2 aromatic rings. The fraction of sp³-hybridized carbons (Fsp3) is 0.211. The van der Waals surface area contributed by atoms with Crippen molar-refractivity contribution in [3.8, 4) is 0 Å². The summed E-state index contributed by atoms with van der Waals surface area (Å²) in [7, 11) is 0. The molecule has 0 saturated carbocycles. The molecule has 0 aromatic heterocycles. The van der Waals surface area contributed by atoms with Crippen LogP contribution in [0.3, 0.4) is 0 Å². The fourth-order valence-corrected chi connectivity index (χ4v) is 2.75. The van der Waals surface area contributed by atoms with E-state index in [1.807, 2.05) is 36.4 Å². The summed E-state index contributed by atoms with van der Waals surface area (Å²) in [4.78, 5) is 12.2. The maximum Gasteiger partial charge on any atom is 0.338 e. The Labute approximate surface area is 125 Å². The molecule has 21 heavy (non-hydrogen) atoms. The lowest BCUT2D eigenvalue weighted by atomic mass is 9.85. The summed E-state index contributed by atoms with van der Waals surface area (Å²) >= 11 is 0. The molecule has 0 unspecified atom stereocenters. The zero-order valence-electron chi connectivity index (χ0n) is 11.8. The van der Waals surface area contributed by atoms with Gasteiger partial charge in [-0.2, -0.15) is 0 Å². The number of carbonyl (C=O) groups excluding carboxylic acids is 1. The van der Waals surface area contributed by atoms with E-state index in [0.717, 1.165) is 12.8 Å². The average Bonchev–Trinajstić information content (AvgIpc) is 2.57. The van der Waals surface area contributed by atoms with E-state index in [2.05, 4.69) is 24.3 Å². The first kappa shape index (κ1) is 13.6. The monoisotopic (exact) mass is 278 g/mol. The fourth-order valence-electron chi connectivity index (χ4n) is 2.75. The Morgan fingerprint density at radius 2 is 1.48 bits per heavy atom. The third-order valence-corrected chi connectivity index (χ3v) is 3.87. The Morgan fingerprint density at radius 1 is 0.857 bits per heavy atom. The molecule has 2 aromatic carbocycles. The van der Waals surface area contributed by atoms with Gasteiger partial charge in [0.2, 0.25) is 0 Å². The summed E-state index contributed by atoms with van der Waals surface area (Å²) in [6, 6.07) is 19.5. The van der Waals surface area contributed by atoms with Gasteiger partial charge < -0.3 is 4.74 Å². The van der Waals surface area contributed by atoms with E-state index >= 15 is 0 Å². The van der Waals surface area contributed by atoms with Crippen LogP contribution >= 0.6 is 0 Å². The van der Waals surface area contributed by atoms with Crippen LogP contribution in [0.1, 0.15) is 34.7 Å². The van der Waals surface area contributed by atoms with Crippen molar-refractivity contribution in [1.82, 2.24) is 0 Å². The van der Waals surface area contributed by atoms with Crippen molar-refractivity contribution in [3.63, 3.8) is 0 Å². The number of ether oxygens (including phenoxy) is 1. The number of benzene rings is 2. The van der Waals surface area contributed by atoms with Gasteiger partial charge in [-0.1, -0.05) is 60.7 Å². The lowest BCUT2D eigenvalue weighted by molar-refractivity contribution is 0.0230. The van der Waals surface area contributed by atoms with E-state index < -0.39 is 0 Å². The average molecular weight is 278 g/mol. The van der Waals surface area contributed by atoms with Crippen molar-refractivity contribution < 1.29 is 9.53 Å². The SMILES string of the molecule is O=C(O[C@@H]1CC=CC[C@H]1c1ccccc1)c1ccccc1. The van der Waals surface area contributed by atoms with Crippen LogP contribution < -0.4 is 0 Å². The zero-order chi connectivity index (χ0) is 14.5. The molecule has 2 nitrogen and oxygen atoms in total. The first-order chi connectivity index (χ1) is 10.3. The second-order valence-corrected chi connectivity index (χ2v) is 5.27. The molecule has 0 amide bonds. The molecule has 2 atom stereocenters. The number of allylic oxidation sites excluding steroid dienone is 1. The van der Waals surface area contributed by atoms with Crippen LogP contribution in [0.5, 0.6) is 0 Å². The minimum atomic E-state index is -0.239. The second kappa shape index (κ2) is 6.40. The van der Waals surface area contributed by atoms with E-state index in [1.165, 1.54) is 5.56 Å². The first-order valence-electron chi connectivity index (χ1n) is 7.30. The minimum absolute atomic E-state index is 0.0925. The van der Waals surface area contributed by atoms with Crippen LogP contribution in [0, 0.1) is 0 Å². The van der Waals surface area contributed by atoms with Crippen LogP contribution in [0.25, 0.3) is 0 Å². The zero-order valence-corrected chi connectivity index (χ0v) is 11.8. The Kier molecular flexibility index (Phi) is 4.15. The minimum Gasteiger partial charge on any atom is -0.458 e. The van der Waals surface area contributed by atoms with Crippen LogP contribution in [-0.4, -0.2) is 12.1 Å². The van der Waals surface area contributed by atoms with Gasteiger partial charge in [-0.25, -0.2) is 4.79 Å². The van der Waals surface area contributed by atoms with Crippen molar-refractivity contribution in [2.75, 3.05) is 0 Å². The molecule has 1 aliphatic rings. The van der Waals surface area contributed by atoms with E-state index in [-0.39, 0.29) is 18.0 Å². The molecule has 0 radical (unpaired) electrons. The van der Waals surface area contributed by atoms with Gasteiger partial charge in [0.15, 0.2) is 0 Å². The highest BCUT2D eigenvalue weighted by atomic mass is 16.5. The van der Waals surface area contributed by atoms with E-state index in [4.69, 9.17) is 4.74 Å².